The topological polar surface area (TPSA) is 70.5 Å². The number of amides is 2. The van der Waals surface area contributed by atoms with Crippen LogP contribution in [-0.4, -0.2) is 70.7 Å². The number of aromatic nitrogens is 2. The maximum absolute atomic E-state index is 12.7. The molecule has 0 aromatic carbocycles. The Balaban J connectivity index is 0.00000243. The Morgan fingerprint density at radius 2 is 1.81 bits per heavy atom. The number of halogens is 1. The molecule has 2 fully saturated rings. The lowest BCUT2D eigenvalue weighted by Crippen LogP contribution is -2.53. The van der Waals surface area contributed by atoms with Gasteiger partial charge in [0.25, 0.3) is 5.91 Å². The van der Waals surface area contributed by atoms with Crippen molar-refractivity contribution in [3.05, 3.63) is 18.0 Å². The molecule has 1 atom stereocenters. The van der Waals surface area contributed by atoms with Crippen molar-refractivity contribution < 1.29 is 9.59 Å². The first-order chi connectivity index (χ1) is 11.9. The van der Waals surface area contributed by atoms with Crippen molar-refractivity contribution in [2.24, 2.45) is 5.41 Å². The van der Waals surface area contributed by atoms with Gasteiger partial charge in [-0.25, -0.2) is 0 Å². The van der Waals surface area contributed by atoms with E-state index in [1.165, 1.54) is 0 Å². The predicted octanol–water partition coefficient (Wildman–Crippen LogP) is 1.56. The Hall–Kier alpha value is -1.60. The molecule has 8 heteroatoms. The number of piperazine rings is 1. The highest BCUT2D eigenvalue weighted by molar-refractivity contribution is 5.92. The smallest absolute Gasteiger partial charge is 0.274 e. The minimum Gasteiger partial charge on any atom is -0.339 e. The number of carbonyl (C=O) groups excluding carboxylic acids is 2. The summed E-state index contributed by atoms with van der Waals surface area (Å²) in [5.41, 5.74) is 0.125. The molecule has 3 heterocycles. The number of rotatable bonds is 2. The van der Waals surface area contributed by atoms with Gasteiger partial charge in [0.05, 0.1) is 6.04 Å². The molecule has 2 aliphatic heterocycles. The molecule has 7 nitrogen and oxygen atoms in total. The molecule has 2 saturated heterocycles. The van der Waals surface area contributed by atoms with Gasteiger partial charge in [0.2, 0.25) is 5.91 Å². The third-order valence-corrected chi connectivity index (χ3v) is 4.97. The number of carbonyl (C=O) groups is 2. The quantitative estimate of drug-likeness (QED) is 0.841. The third kappa shape index (κ3) is 4.57. The summed E-state index contributed by atoms with van der Waals surface area (Å²) >= 11 is 0. The largest absolute Gasteiger partial charge is 0.339 e. The summed E-state index contributed by atoms with van der Waals surface area (Å²) < 4.78 is 1.92. The van der Waals surface area contributed by atoms with E-state index in [0.717, 1.165) is 25.9 Å². The van der Waals surface area contributed by atoms with E-state index in [4.69, 9.17) is 0 Å². The molecule has 1 aromatic rings. The number of nitrogens with zero attached hydrogens (tertiary/aromatic N) is 4. The molecule has 146 valence electrons. The number of hydrogen-bond acceptors (Lipinski definition) is 4. The highest BCUT2D eigenvalue weighted by atomic mass is 35.5. The van der Waals surface area contributed by atoms with E-state index in [1.807, 2.05) is 42.6 Å². The average molecular weight is 384 g/mol. The summed E-state index contributed by atoms with van der Waals surface area (Å²) in [7, 11) is 0. The van der Waals surface area contributed by atoms with Crippen molar-refractivity contribution in [1.29, 1.82) is 0 Å². The first-order valence-electron chi connectivity index (χ1n) is 9.21. The summed E-state index contributed by atoms with van der Waals surface area (Å²) in [6, 6.07) is 2.14. The molecular weight excluding hydrogens is 354 g/mol. The summed E-state index contributed by atoms with van der Waals surface area (Å²) in [6.07, 6.45) is 4.14. The van der Waals surface area contributed by atoms with Gasteiger partial charge < -0.3 is 15.1 Å². The van der Waals surface area contributed by atoms with Crippen LogP contribution in [0, 0.1) is 5.41 Å². The van der Waals surface area contributed by atoms with Crippen LogP contribution in [0.4, 0.5) is 0 Å². The molecule has 1 N–H and O–H groups in total. The molecule has 1 aromatic heterocycles. The van der Waals surface area contributed by atoms with E-state index in [1.54, 1.807) is 4.90 Å². The maximum atomic E-state index is 12.7. The van der Waals surface area contributed by atoms with E-state index in [9.17, 15) is 9.59 Å². The fraction of sp³-hybridized carbons (Fsp3) is 0.722. The summed E-state index contributed by atoms with van der Waals surface area (Å²) in [6.45, 7) is 10.1. The van der Waals surface area contributed by atoms with Crippen LogP contribution >= 0.6 is 12.4 Å². The van der Waals surface area contributed by atoms with Crippen LogP contribution in [0.3, 0.4) is 0 Å². The lowest BCUT2D eigenvalue weighted by atomic mass is 9.94. The van der Waals surface area contributed by atoms with Gasteiger partial charge in [-0.15, -0.1) is 12.4 Å². The minimum absolute atomic E-state index is 0. The maximum Gasteiger partial charge on any atom is 0.274 e. The molecule has 0 aliphatic carbocycles. The summed E-state index contributed by atoms with van der Waals surface area (Å²) in [4.78, 5) is 28.7. The molecule has 0 bridgehead atoms. The Kier molecular flexibility index (Phi) is 6.69. The summed E-state index contributed by atoms with van der Waals surface area (Å²) in [5, 5.41) is 7.88. The predicted molar refractivity (Wildman–Crippen MR) is 103 cm³/mol. The molecule has 3 rings (SSSR count). The first-order valence-corrected chi connectivity index (χ1v) is 9.21. The van der Waals surface area contributed by atoms with Crippen LogP contribution in [0.2, 0.25) is 0 Å². The number of hydrogen-bond donors (Lipinski definition) is 1. The van der Waals surface area contributed by atoms with Crippen LogP contribution in [0.1, 0.15) is 50.1 Å². The van der Waals surface area contributed by atoms with Crippen LogP contribution in [0.5, 0.6) is 0 Å². The number of piperidine rings is 1. The highest BCUT2D eigenvalue weighted by Gasteiger charge is 2.31. The Bertz CT molecular complexity index is 626. The van der Waals surface area contributed by atoms with Gasteiger partial charge in [0, 0.05) is 44.3 Å². The highest BCUT2D eigenvalue weighted by Crippen LogP contribution is 2.20. The zero-order valence-corrected chi connectivity index (χ0v) is 16.7. The number of nitrogens with one attached hydrogen (secondary N) is 1. The fourth-order valence-corrected chi connectivity index (χ4v) is 3.46. The van der Waals surface area contributed by atoms with Crippen LogP contribution < -0.4 is 5.32 Å². The Labute approximate surface area is 161 Å². The van der Waals surface area contributed by atoms with Crippen molar-refractivity contribution in [2.45, 2.75) is 39.7 Å². The fourth-order valence-electron chi connectivity index (χ4n) is 3.46. The lowest BCUT2D eigenvalue weighted by Gasteiger charge is -2.37. The van der Waals surface area contributed by atoms with E-state index in [0.29, 0.717) is 37.9 Å². The minimum atomic E-state index is -0.376. The van der Waals surface area contributed by atoms with Gasteiger partial charge in [0.1, 0.15) is 5.69 Å². The van der Waals surface area contributed by atoms with Crippen molar-refractivity contribution in [2.75, 3.05) is 39.3 Å². The molecule has 0 spiro atoms. The van der Waals surface area contributed by atoms with Crippen LogP contribution in [0.15, 0.2) is 12.3 Å². The van der Waals surface area contributed by atoms with Gasteiger partial charge in [-0.2, -0.15) is 5.10 Å². The normalized spacial score (nSPS) is 21.3. The second-order valence-corrected chi connectivity index (χ2v) is 8.02. The van der Waals surface area contributed by atoms with Gasteiger partial charge in [-0.3, -0.25) is 14.3 Å². The average Bonchev–Trinajstić information content (AvgIpc) is 3.11. The van der Waals surface area contributed by atoms with Crippen molar-refractivity contribution in [1.82, 2.24) is 24.9 Å². The van der Waals surface area contributed by atoms with Gasteiger partial charge >= 0.3 is 0 Å². The first kappa shape index (κ1) is 20.7. The van der Waals surface area contributed by atoms with Gasteiger partial charge in [0.15, 0.2) is 0 Å². The molecule has 2 amide bonds. The van der Waals surface area contributed by atoms with Gasteiger partial charge in [-0.05, 0) is 25.5 Å². The Morgan fingerprint density at radius 1 is 1.15 bits per heavy atom. The van der Waals surface area contributed by atoms with E-state index in [2.05, 4.69) is 10.4 Å². The SMILES string of the molecule is CC(C)(C)C(=O)N1CCN(C(=O)c2ccn(C3CCCNC3)n2)CC1.Cl. The molecule has 0 radical (unpaired) electrons. The van der Waals surface area contributed by atoms with Gasteiger partial charge in [-0.1, -0.05) is 20.8 Å². The zero-order chi connectivity index (χ0) is 18.0. The monoisotopic (exact) mass is 383 g/mol. The van der Waals surface area contributed by atoms with Crippen molar-refractivity contribution in [3.63, 3.8) is 0 Å². The summed E-state index contributed by atoms with van der Waals surface area (Å²) in [5.74, 6) is 0.110. The standard InChI is InChI=1S/C18H29N5O2.ClH/c1-18(2,3)17(25)22-11-9-21(10-12-22)16(24)15-6-8-23(20-15)14-5-4-7-19-13-14;/h6,8,14,19H,4-5,7,9-13H2,1-3H3;1H. The van der Waals surface area contributed by atoms with E-state index < -0.39 is 0 Å². The third-order valence-electron chi connectivity index (χ3n) is 4.97. The molecular formula is C18H30ClN5O2. The van der Waals surface area contributed by atoms with E-state index in [-0.39, 0.29) is 29.6 Å². The Morgan fingerprint density at radius 3 is 2.38 bits per heavy atom. The van der Waals surface area contributed by atoms with Crippen LogP contribution in [-0.2, 0) is 4.79 Å². The van der Waals surface area contributed by atoms with Crippen molar-refractivity contribution in [3.8, 4) is 0 Å². The molecule has 0 saturated carbocycles. The molecule has 1 unspecified atom stereocenters. The lowest BCUT2D eigenvalue weighted by molar-refractivity contribution is -0.140. The zero-order valence-electron chi connectivity index (χ0n) is 15.9. The molecule has 26 heavy (non-hydrogen) atoms. The van der Waals surface area contributed by atoms with Crippen molar-refractivity contribution >= 4 is 24.2 Å². The molecule has 2 aliphatic rings. The van der Waals surface area contributed by atoms with E-state index >= 15 is 0 Å². The second kappa shape index (κ2) is 8.39. The second-order valence-electron chi connectivity index (χ2n) is 8.02. The van der Waals surface area contributed by atoms with Crippen LogP contribution in [0.25, 0.3) is 0 Å².